The third-order valence-electron chi connectivity index (χ3n) is 6.14. The van der Waals surface area contributed by atoms with Gasteiger partial charge in [-0.2, -0.15) is 0 Å². The molecule has 0 unspecified atom stereocenters. The number of hydrogen-bond donors (Lipinski definition) is 1. The number of piperazine rings is 1. The summed E-state index contributed by atoms with van der Waals surface area (Å²) < 4.78 is 0. The maximum absolute atomic E-state index is 12.7. The molecule has 0 aliphatic carbocycles. The van der Waals surface area contributed by atoms with Crippen molar-refractivity contribution >= 4 is 17.5 Å². The van der Waals surface area contributed by atoms with Crippen LogP contribution in [0, 0.1) is 27.7 Å². The van der Waals surface area contributed by atoms with E-state index in [2.05, 4.69) is 53.5 Å². The van der Waals surface area contributed by atoms with Gasteiger partial charge in [-0.1, -0.05) is 42.0 Å². The Kier molecular flexibility index (Phi) is 8.04. The lowest BCUT2D eigenvalue weighted by atomic mass is 10.1. The highest BCUT2D eigenvalue weighted by atomic mass is 16.2. The molecule has 3 rings (SSSR count). The Morgan fingerprint density at radius 2 is 1.53 bits per heavy atom. The minimum atomic E-state index is -0.0987. The third-order valence-corrected chi connectivity index (χ3v) is 6.14. The minimum Gasteiger partial charge on any atom is -0.339 e. The number of carbonyl (C=O) groups is 2. The number of hydrogen-bond acceptors (Lipinski definition) is 4. The van der Waals surface area contributed by atoms with Crippen LogP contribution in [0.2, 0.25) is 0 Å². The number of carbonyl (C=O) groups excluding carboxylic acids is 2. The molecule has 0 bridgehead atoms. The lowest BCUT2D eigenvalue weighted by molar-refractivity contribution is -0.134. The van der Waals surface area contributed by atoms with E-state index < -0.39 is 0 Å². The number of nitrogens with zero attached hydrogens (tertiary/aromatic N) is 3. The van der Waals surface area contributed by atoms with Crippen LogP contribution in [-0.2, 0) is 16.1 Å². The first-order chi connectivity index (χ1) is 15.2. The molecule has 172 valence electrons. The summed E-state index contributed by atoms with van der Waals surface area (Å²) >= 11 is 0. The second-order valence-electron chi connectivity index (χ2n) is 9.08. The summed E-state index contributed by atoms with van der Waals surface area (Å²) in [6.45, 7) is 12.8. The molecule has 0 radical (unpaired) electrons. The third kappa shape index (κ3) is 6.40. The Bertz CT molecular complexity index is 941. The fraction of sp³-hybridized carbons (Fsp3) is 0.462. The first-order valence-electron chi connectivity index (χ1n) is 11.3. The van der Waals surface area contributed by atoms with E-state index >= 15 is 0 Å². The molecule has 32 heavy (non-hydrogen) atoms. The van der Waals surface area contributed by atoms with Gasteiger partial charge in [0.25, 0.3) is 0 Å². The van der Waals surface area contributed by atoms with Gasteiger partial charge in [0.2, 0.25) is 11.8 Å². The standard InChI is InChI=1S/C26H36N4O2/c1-19-14-21(3)26(22(4)15-19)27-24(31)17-28(5)18-25(32)30-12-10-29(11-13-30)16-23-9-7-6-8-20(23)2/h6-9,14-15H,10-13,16-18H2,1-5H3,(H,27,31). The normalized spacial score (nSPS) is 14.6. The molecule has 0 aromatic heterocycles. The van der Waals surface area contributed by atoms with Crippen molar-refractivity contribution < 1.29 is 9.59 Å². The van der Waals surface area contributed by atoms with Gasteiger partial charge in [-0.3, -0.25) is 19.4 Å². The fourth-order valence-corrected chi connectivity index (χ4v) is 4.37. The van der Waals surface area contributed by atoms with Gasteiger partial charge >= 0.3 is 0 Å². The average Bonchev–Trinajstić information content (AvgIpc) is 2.72. The van der Waals surface area contributed by atoms with Crippen LogP contribution in [0.4, 0.5) is 5.69 Å². The molecule has 6 nitrogen and oxygen atoms in total. The van der Waals surface area contributed by atoms with Crippen molar-refractivity contribution in [3.63, 3.8) is 0 Å². The number of amides is 2. The van der Waals surface area contributed by atoms with Gasteiger partial charge in [0.05, 0.1) is 13.1 Å². The predicted octanol–water partition coefficient (Wildman–Crippen LogP) is 3.13. The molecule has 2 aromatic carbocycles. The largest absolute Gasteiger partial charge is 0.339 e. The quantitative estimate of drug-likeness (QED) is 0.725. The number of likely N-dealkylation sites (N-methyl/N-ethyl adjacent to an activating group) is 1. The molecule has 1 fully saturated rings. The molecule has 0 saturated carbocycles. The van der Waals surface area contributed by atoms with E-state index in [1.54, 1.807) is 4.90 Å². The summed E-state index contributed by atoms with van der Waals surface area (Å²) in [5, 5.41) is 3.01. The summed E-state index contributed by atoms with van der Waals surface area (Å²) in [5.41, 5.74) is 6.81. The first-order valence-corrected chi connectivity index (χ1v) is 11.3. The smallest absolute Gasteiger partial charge is 0.238 e. The Balaban J connectivity index is 1.44. The summed E-state index contributed by atoms with van der Waals surface area (Å²) in [7, 11) is 1.82. The summed E-state index contributed by atoms with van der Waals surface area (Å²) in [6, 6.07) is 12.6. The number of anilines is 1. The van der Waals surface area contributed by atoms with Crippen molar-refractivity contribution in [2.24, 2.45) is 0 Å². The Hall–Kier alpha value is -2.70. The zero-order chi connectivity index (χ0) is 23.3. The molecule has 6 heteroatoms. The lowest BCUT2D eigenvalue weighted by Crippen LogP contribution is -2.51. The van der Waals surface area contributed by atoms with E-state index in [9.17, 15) is 9.59 Å². The van der Waals surface area contributed by atoms with Gasteiger partial charge in [0.1, 0.15) is 0 Å². The molecule has 0 spiro atoms. The van der Waals surface area contributed by atoms with E-state index in [1.165, 1.54) is 16.7 Å². The molecule has 1 aliphatic heterocycles. The first kappa shape index (κ1) is 24.0. The average molecular weight is 437 g/mol. The Morgan fingerprint density at radius 1 is 0.906 bits per heavy atom. The van der Waals surface area contributed by atoms with E-state index in [0.717, 1.165) is 49.5 Å². The molecule has 1 saturated heterocycles. The van der Waals surface area contributed by atoms with Crippen LogP contribution in [0.25, 0.3) is 0 Å². The molecular formula is C26H36N4O2. The summed E-state index contributed by atoms with van der Waals surface area (Å²) in [5.74, 6) is -0.0167. The second-order valence-corrected chi connectivity index (χ2v) is 9.08. The number of nitrogens with one attached hydrogen (secondary N) is 1. The van der Waals surface area contributed by atoms with E-state index in [4.69, 9.17) is 0 Å². The monoisotopic (exact) mass is 436 g/mol. The van der Waals surface area contributed by atoms with Crippen molar-refractivity contribution in [3.05, 3.63) is 64.2 Å². The Labute approximate surface area is 192 Å². The van der Waals surface area contributed by atoms with Gasteiger partial charge in [-0.05, 0) is 57.0 Å². The van der Waals surface area contributed by atoms with Crippen LogP contribution in [0.3, 0.4) is 0 Å². The van der Waals surface area contributed by atoms with Gasteiger partial charge in [-0.25, -0.2) is 0 Å². The molecule has 2 amide bonds. The maximum Gasteiger partial charge on any atom is 0.238 e. The van der Waals surface area contributed by atoms with Crippen LogP contribution in [-0.4, -0.2) is 72.8 Å². The van der Waals surface area contributed by atoms with E-state index in [-0.39, 0.29) is 24.9 Å². The summed E-state index contributed by atoms with van der Waals surface area (Å²) in [6.07, 6.45) is 0. The highest BCUT2D eigenvalue weighted by Crippen LogP contribution is 2.21. The Morgan fingerprint density at radius 3 is 2.16 bits per heavy atom. The number of aryl methyl sites for hydroxylation is 4. The van der Waals surface area contributed by atoms with Crippen molar-refractivity contribution in [2.75, 3.05) is 51.6 Å². The van der Waals surface area contributed by atoms with Crippen LogP contribution in [0.15, 0.2) is 36.4 Å². The van der Waals surface area contributed by atoms with Crippen LogP contribution in [0.5, 0.6) is 0 Å². The van der Waals surface area contributed by atoms with Gasteiger partial charge < -0.3 is 10.2 Å². The number of benzene rings is 2. The van der Waals surface area contributed by atoms with Crippen molar-refractivity contribution in [3.8, 4) is 0 Å². The lowest BCUT2D eigenvalue weighted by Gasteiger charge is -2.35. The zero-order valence-corrected chi connectivity index (χ0v) is 20.1. The molecule has 2 aromatic rings. The topological polar surface area (TPSA) is 55.9 Å². The molecule has 0 atom stereocenters. The highest BCUT2D eigenvalue weighted by Gasteiger charge is 2.23. The van der Waals surface area contributed by atoms with Crippen LogP contribution in [0.1, 0.15) is 27.8 Å². The second kappa shape index (κ2) is 10.7. The van der Waals surface area contributed by atoms with E-state index in [0.29, 0.717) is 0 Å². The molecule has 1 heterocycles. The molecule has 1 N–H and O–H groups in total. The van der Waals surface area contributed by atoms with E-state index in [1.807, 2.05) is 32.7 Å². The van der Waals surface area contributed by atoms with Crippen molar-refractivity contribution in [2.45, 2.75) is 34.2 Å². The van der Waals surface area contributed by atoms with Crippen LogP contribution < -0.4 is 5.32 Å². The number of rotatable bonds is 7. The van der Waals surface area contributed by atoms with Gasteiger partial charge in [-0.15, -0.1) is 0 Å². The van der Waals surface area contributed by atoms with Gasteiger partial charge in [0, 0.05) is 38.4 Å². The molecular weight excluding hydrogens is 400 g/mol. The summed E-state index contributed by atoms with van der Waals surface area (Å²) in [4.78, 5) is 31.4. The highest BCUT2D eigenvalue weighted by molar-refractivity contribution is 5.94. The van der Waals surface area contributed by atoms with Crippen molar-refractivity contribution in [1.82, 2.24) is 14.7 Å². The minimum absolute atomic E-state index is 0.0820. The zero-order valence-electron chi connectivity index (χ0n) is 20.1. The maximum atomic E-state index is 12.7. The SMILES string of the molecule is Cc1cc(C)c(NC(=O)CN(C)CC(=O)N2CCN(Cc3ccccc3C)CC2)c(C)c1. The van der Waals surface area contributed by atoms with Crippen molar-refractivity contribution in [1.29, 1.82) is 0 Å². The predicted molar refractivity (Wildman–Crippen MR) is 130 cm³/mol. The fourth-order valence-electron chi connectivity index (χ4n) is 4.37. The molecule has 1 aliphatic rings. The van der Waals surface area contributed by atoms with Crippen LogP contribution >= 0.6 is 0 Å². The van der Waals surface area contributed by atoms with Gasteiger partial charge in [0.15, 0.2) is 0 Å².